The molecule has 4 N–H and O–H groups in total. The maximum atomic E-state index is 8.98. The summed E-state index contributed by atoms with van der Waals surface area (Å²) in [6.45, 7) is 2.84. The normalized spacial score (nSPS) is 23.9. The Morgan fingerprint density at radius 3 is 2.90 bits per heavy atom. The second-order valence-electron chi connectivity index (χ2n) is 8.27. The highest BCUT2D eigenvalue weighted by atomic mass is 15.3. The molecule has 0 aliphatic carbocycles. The predicted octanol–water partition coefficient (Wildman–Crippen LogP) is 2.84. The van der Waals surface area contributed by atoms with Crippen molar-refractivity contribution in [1.82, 2.24) is 35.3 Å². The van der Waals surface area contributed by atoms with Crippen LogP contribution >= 0.6 is 0 Å². The van der Waals surface area contributed by atoms with Crippen LogP contribution in [0, 0.1) is 18.3 Å². The minimum Gasteiger partial charge on any atom is -0.351 e. The summed E-state index contributed by atoms with van der Waals surface area (Å²) < 4.78 is 0. The van der Waals surface area contributed by atoms with Crippen molar-refractivity contribution in [2.45, 2.75) is 63.6 Å². The summed E-state index contributed by atoms with van der Waals surface area (Å²) in [5.74, 6) is 1.97. The van der Waals surface area contributed by atoms with E-state index in [9.17, 15) is 0 Å². The molecule has 10 nitrogen and oxygen atoms in total. The first-order valence-corrected chi connectivity index (χ1v) is 10.6. The van der Waals surface area contributed by atoms with E-state index in [-0.39, 0.29) is 0 Å². The molecular formula is C20H26N10. The molecule has 0 aromatic carbocycles. The lowest BCUT2D eigenvalue weighted by Gasteiger charge is -2.27. The standard InChI is InChI=1S/C20H26N10/c1-12-9-17(28-27-12)24-18-16-11-22-29-19(16)26-20(25-18)23-13-3-4-14-5-6-15(10-13)30(14)8-2-7-21/h9,11,13-15H,2-6,8,10H2,1H3,(H4,22,23,24,25,26,27,28,29)/t13-,14?,15+/m1/s1. The molecule has 156 valence electrons. The molecule has 30 heavy (non-hydrogen) atoms. The fourth-order valence-electron chi connectivity index (χ4n) is 4.87. The van der Waals surface area contributed by atoms with Gasteiger partial charge in [0.05, 0.1) is 17.7 Å². The van der Waals surface area contributed by atoms with Crippen molar-refractivity contribution < 1.29 is 0 Å². The van der Waals surface area contributed by atoms with Gasteiger partial charge in [-0.3, -0.25) is 15.1 Å². The third-order valence-electron chi connectivity index (χ3n) is 6.25. The van der Waals surface area contributed by atoms with E-state index in [2.05, 4.69) is 47.0 Å². The van der Waals surface area contributed by atoms with Crippen molar-refractivity contribution in [3.05, 3.63) is 18.0 Å². The van der Waals surface area contributed by atoms with Crippen LogP contribution in [-0.4, -0.2) is 59.9 Å². The Morgan fingerprint density at radius 1 is 1.20 bits per heavy atom. The van der Waals surface area contributed by atoms with Gasteiger partial charge in [0.2, 0.25) is 5.95 Å². The van der Waals surface area contributed by atoms with Crippen LogP contribution in [0.1, 0.15) is 44.2 Å². The highest BCUT2D eigenvalue weighted by Gasteiger charge is 2.37. The average Bonchev–Trinajstić information content (AvgIpc) is 3.41. The molecule has 3 aromatic heterocycles. The van der Waals surface area contributed by atoms with Crippen molar-refractivity contribution in [2.24, 2.45) is 0 Å². The number of anilines is 3. The van der Waals surface area contributed by atoms with Crippen molar-refractivity contribution >= 4 is 28.6 Å². The van der Waals surface area contributed by atoms with Gasteiger partial charge in [-0.25, -0.2) is 0 Å². The van der Waals surface area contributed by atoms with Crippen LogP contribution < -0.4 is 10.6 Å². The molecule has 0 radical (unpaired) electrons. The lowest BCUT2D eigenvalue weighted by Crippen LogP contribution is -2.36. The van der Waals surface area contributed by atoms with Gasteiger partial charge in [-0.2, -0.15) is 25.4 Å². The van der Waals surface area contributed by atoms with Crippen LogP contribution in [0.15, 0.2) is 12.3 Å². The van der Waals surface area contributed by atoms with Gasteiger partial charge in [0.15, 0.2) is 11.5 Å². The molecule has 10 heteroatoms. The molecule has 1 unspecified atom stereocenters. The molecule has 3 atom stereocenters. The van der Waals surface area contributed by atoms with Crippen molar-refractivity contribution in [3.63, 3.8) is 0 Å². The number of rotatable bonds is 6. The molecule has 5 rings (SSSR count). The first-order chi connectivity index (χ1) is 14.7. The Bertz CT molecular complexity index is 1060. The first kappa shape index (κ1) is 18.8. The number of H-pyrrole nitrogens is 2. The van der Waals surface area contributed by atoms with E-state index in [0.717, 1.165) is 36.9 Å². The predicted molar refractivity (Wildman–Crippen MR) is 113 cm³/mol. The van der Waals surface area contributed by atoms with Gasteiger partial charge in [-0.05, 0) is 39.0 Å². The SMILES string of the molecule is Cc1cc(Nc2nc(N[C@@H]3CCC4CC[C@@H](C3)N4CCC#N)nc3[nH]ncc23)n[nH]1. The lowest BCUT2D eigenvalue weighted by molar-refractivity contribution is 0.198. The summed E-state index contributed by atoms with van der Waals surface area (Å²) in [4.78, 5) is 11.9. The molecule has 0 spiro atoms. The lowest BCUT2D eigenvalue weighted by atomic mass is 9.97. The molecular weight excluding hydrogens is 380 g/mol. The number of nitrogens with one attached hydrogen (secondary N) is 4. The van der Waals surface area contributed by atoms with Gasteiger partial charge in [0.25, 0.3) is 0 Å². The van der Waals surface area contributed by atoms with Gasteiger partial charge in [0.1, 0.15) is 5.82 Å². The van der Waals surface area contributed by atoms with E-state index in [0.29, 0.717) is 47.8 Å². The number of aromatic nitrogens is 6. The van der Waals surface area contributed by atoms with Gasteiger partial charge < -0.3 is 10.6 Å². The summed E-state index contributed by atoms with van der Waals surface area (Å²) in [7, 11) is 0. The van der Waals surface area contributed by atoms with E-state index in [1.807, 2.05) is 13.0 Å². The van der Waals surface area contributed by atoms with E-state index in [1.54, 1.807) is 6.20 Å². The van der Waals surface area contributed by atoms with E-state index < -0.39 is 0 Å². The minimum atomic E-state index is 0.311. The number of fused-ring (bicyclic) bond motifs is 3. The molecule has 2 aliphatic heterocycles. The van der Waals surface area contributed by atoms with Crippen molar-refractivity contribution in [3.8, 4) is 6.07 Å². The van der Waals surface area contributed by atoms with Gasteiger partial charge in [-0.15, -0.1) is 0 Å². The van der Waals surface area contributed by atoms with E-state index in [1.165, 1.54) is 12.8 Å². The Hall–Kier alpha value is -3.19. The Labute approximate surface area is 174 Å². The summed E-state index contributed by atoms with van der Waals surface area (Å²) in [5.41, 5.74) is 1.66. The van der Waals surface area contributed by atoms with Crippen LogP contribution in [0.4, 0.5) is 17.6 Å². The number of aromatic amines is 2. The van der Waals surface area contributed by atoms with Crippen LogP contribution in [0.3, 0.4) is 0 Å². The smallest absolute Gasteiger partial charge is 0.226 e. The highest BCUT2D eigenvalue weighted by Crippen LogP contribution is 2.35. The fraction of sp³-hybridized carbons (Fsp3) is 0.550. The van der Waals surface area contributed by atoms with Crippen LogP contribution in [0.25, 0.3) is 11.0 Å². The Balaban J connectivity index is 1.35. The van der Waals surface area contributed by atoms with Crippen LogP contribution in [-0.2, 0) is 0 Å². The zero-order chi connectivity index (χ0) is 20.5. The third-order valence-corrected chi connectivity index (χ3v) is 6.25. The maximum absolute atomic E-state index is 8.98. The summed E-state index contributed by atoms with van der Waals surface area (Å²) in [6, 6.07) is 5.67. The average molecular weight is 406 g/mol. The van der Waals surface area contributed by atoms with Gasteiger partial charge in [-0.1, -0.05) is 0 Å². The van der Waals surface area contributed by atoms with Gasteiger partial charge >= 0.3 is 0 Å². The van der Waals surface area contributed by atoms with E-state index >= 15 is 0 Å². The number of aryl methyl sites for hydroxylation is 1. The van der Waals surface area contributed by atoms with Crippen molar-refractivity contribution in [1.29, 1.82) is 5.26 Å². The molecule has 5 heterocycles. The second-order valence-corrected chi connectivity index (χ2v) is 8.27. The monoisotopic (exact) mass is 406 g/mol. The molecule has 3 aromatic rings. The van der Waals surface area contributed by atoms with Gasteiger partial charge in [0, 0.05) is 42.9 Å². The topological polar surface area (TPSA) is 134 Å². The van der Waals surface area contributed by atoms with Crippen molar-refractivity contribution in [2.75, 3.05) is 17.2 Å². The zero-order valence-electron chi connectivity index (χ0n) is 17.0. The fourth-order valence-corrected chi connectivity index (χ4v) is 4.87. The van der Waals surface area contributed by atoms with Crippen LogP contribution in [0.5, 0.6) is 0 Å². The minimum absolute atomic E-state index is 0.311. The second kappa shape index (κ2) is 7.91. The van der Waals surface area contributed by atoms with Crippen LogP contribution in [0.2, 0.25) is 0 Å². The Kier molecular flexibility index (Phi) is 4.96. The third kappa shape index (κ3) is 3.68. The summed E-state index contributed by atoms with van der Waals surface area (Å²) in [5, 5.41) is 30.9. The maximum Gasteiger partial charge on any atom is 0.226 e. The molecule has 2 saturated heterocycles. The number of nitrogens with zero attached hydrogens (tertiary/aromatic N) is 6. The molecule has 0 amide bonds. The molecule has 2 aliphatic rings. The summed E-state index contributed by atoms with van der Waals surface area (Å²) >= 11 is 0. The Morgan fingerprint density at radius 2 is 2.07 bits per heavy atom. The quantitative estimate of drug-likeness (QED) is 0.491. The molecule has 2 bridgehead atoms. The number of hydrogen-bond donors (Lipinski definition) is 4. The highest BCUT2D eigenvalue weighted by molar-refractivity contribution is 5.88. The molecule has 2 fully saturated rings. The molecule has 0 saturated carbocycles. The zero-order valence-corrected chi connectivity index (χ0v) is 17.0. The first-order valence-electron chi connectivity index (χ1n) is 10.6. The summed E-state index contributed by atoms with van der Waals surface area (Å²) in [6.07, 6.45) is 8.05. The largest absolute Gasteiger partial charge is 0.351 e. The number of nitriles is 1. The number of hydrogen-bond acceptors (Lipinski definition) is 8. The van der Waals surface area contributed by atoms with E-state index in [4.69, 9.17) is 10.2 Å².